The first-order chi connectivity index (χ1) is 9.89. The number of hydrogen-bond donors (Lipinski definition) is 2. The zero-order chi connectivity index (χ0) is 15.6. The molecule has 0 aromatic heterocycles. The normalized spacial score (nSPS) is 21.3. The number of amides is 1. The lowest BCUT2D eigenvalue weighted by molar-refractivity contribution is -0.385. The maximum atomic E-state index is 12.5. The molecule has 1 aliphatic heterocycles. The van der Waals surface area contributed by atoms with Crippen LogP contribution in [0.15, 0.2) is 16.6 Å². The van der Waals surface area contributed by atoms with Crippen molar-refractivity contribution in [2.24, 2.45) is 5.41 Å². The van der Waals surface area contributed by atoms with Crippen molar-refractivity contribution < 1.29 is 9.72 Å². The number of benzene rings is 1. The lowest BCUT2D eigenvalue weighted by Gasteiger charge is -2.25. The molecular weight excluding hydrogens is 338 g/mol. The number of nitrogens with one attached hydrogen (secondary N) is 2. The Kier molecular flexibility index (Phi) is 4.63. The summed E-state index contributed by atoms with van der Waals surface area (Å²) < 4.78 is 0.649. The van der Waals surface area contributed by atoms with Crippen LogP contribution in [0.5, 0.6) is 0 Å². The van der Waals surface area contributed by atoms with E-state index in [1.807, 2.05) is 6.92 Å². The van der Waals surface area contributed by atoms with Crippen LogP contribution in [0.25, 0.3) is 0 Å². The minimum Gasteiger partial charge on any atom is -0.324 e. The van der Waals surface area contributed by atoms with E-state index in [4.69, 9.17) is 0 Å². The van der Waals surface area contributed by atoms with Crippen LogP contribution >= 0.6 is 15.9 Å². The van der Waals surface area contributed by atoms with Crippen LogP contribution in [0.3, 0.4) is 0 Å². The van der Waals surface area contributed by atoms with Crippen molar-refractivity contribution in [1.82, 2.24) is 5.32 Å². The van der Waals surface area contributed by atoms with Gasteiger partial charge in [-0.15, -0.1) is 0 Å². The lowest BCUT2D eigenvalue weighted by Crippen LogP contribution is -2.37. The number of anilines is 1. The Morgan fingerprint density at radius 2 is 2.29 bits per heavy atom. The highest BCUT2D eigenvalue weighted by Gasteiger charge is 2.39. The average molecular weight is 356 g/mol. The third kappa shape index (κ3) is 3.08. The Hall–Kier alpha value is -1.47. The van der Waals surface area contributed by atoms with Gasteiger partial charge in [-0.1, -0.05) is 6.92 Å². The van der Waals surface area contributed by atoms with Gasteiger partial charge in [-0.3, -0.25) is 14.9 Å². The molecule has 1 aromatic carbocycles. The fourth-order valence-electron chi connectivity index (χ4n) is 2.61. The first kappa shape index (κ1) is 15.9. The summed E-state index contributed by atoms with van der Waals surface area (Å²) in [7, 11) is 0. The molecule has 1 amide bonds. The van der Waals surface area contributed by atoms with E-state index in [2.05, 4.69) is 26.6 Å². The van der Waals surface area contributed by atoms with Gasteiger partial charge in [0.2, 0.25) is 5.91 Å². The van der Waals surface area contributed by atoms with E-state index >= 15 is 0 Å². The second kappa shape index (κ2) is 6.11. The minimum atomic E-state index is -0.440. The standard InChI is InChI=1S/C14H18BrN3O3/c1-3-14(4-5-16-8-14)13(19)17-11-7-12(18(20)21)9(2)6-10(11)15/h6-7,16H,3-5,8H2,1-2H3,(H,17,19). The van der Waals surface area contributed by atoms with Crippen molar-refractivity contribution in [2.75, 3.05) is 18.4 Å². The van der Waals surface area contributed by atoms with Crippen molar-refractivity contribution >= 4 is 33.2 Å². The fourth-order valence-corrected chi connectivity index (χ4v) is 3.17. The molecular formula is C14H18BrN3O3. The quantitative estimate of drug-likeness (QED) is 0.642. The highest BCUT2D eigenvalue weighted by atomic mass is 79.9. The van der Waals surface area contributed by atoms with Gasteiger partial charge in [0.25, 0.3) is 5.69 Å². The van der Waals surface area contributed by atoms with Crippen LogP contribution < -0.4 is 10.6 Å². The van der Waals surface area contributed by atoms with Crippen molar-refractivity contribution in [2.45, 2.75) is 26.7 Å². The Morgan fingerprint density at radius 3 is 2.81 bits per heavy atom. The zero-order valence-electron chi connectivity index (χ0n) is 12.0. The first-order valence-corrected chi connectivity index (χ1v) is 7.65. The van der Waals surface area contributed by atoms with Gasteiger partial charge in [-0.25, -0.2) is 0 Å². The van der Waals surface area contributed by atoms with Gasteiger partial charge >= 0.3 is 0 Å². The molecule has 1 heterocycles. The fraction of sp³-hybridized carbons (Fsp3) is 0.500. The second-order valence-corrected chi connectivity index (χ2v) is 6.24. The lowest BCUT2D eigenvalue weighted by atomic mass is 9.83. The molecule has 2 N–H and O–H groups in total. The molecule has 1 saturated heterocycles. The summed E-state index contributed by atoms with van der Waals surface area (Å²) in [4.78, 5) is 23.1. The molecule has 7 heteroatoms. The number of rotatable bonds is 4. The summed E-state index contributed by atoms with van der Waals surface area (Å²) in [5.74, 6) is -0.0890. The molecule has 0 bridgehead atoms. The molecule has 114 valence electrons. The number of nitrogens with zero attached hydrogens (tertiary/aromatic N) is 1. The van der Waals surface area contributed by atoms with Gasteiger partial charge in [0.05, 0.1) is 16.0 Å². The Morgan fingerprint density at radius 1 is 1.57 bits per heavy atom. The van der Waals surface area contributed by atoms with Gasteiger partial charge in [0.15, 0.2) is 0 Å². The van der Waals surface area contributed by atoms with Crippen LogP contribution in [0, 0.1) is 22.5 Å². The van der Waals surface area contributed by atoms with Crippen LogP contribution in [0.1, 0.15) is 25.3 Å². The molecule has 1 fully saturated rings. The third-order valence-corrected chi connectivity index (χ3v) is 4.79. The van der Waals surface area contributed by atoms with Gasteiger partial charge in [0.1, 0.15) is 0 Å². The highest BCUT2D eigenvalue weighted by molar-refractivity contribution is 9.10. The maximum Gasteiger partial charge on any atom is 0.274 e. The van der Waals surface area contributed by atoms with E-state index in [0.29, 0.717) is 22.3 Å². The number of nitro groups is 1. The number of carbonyl (C=O) groups is 1. The van der Waals surface area contributed by atoms with Crippen LogP contribution in [-0.4, -0.2) is 23.9 Å². The van der Waals surface area contributed by atoms with Crippen LogP contribution in [0.4, 0.5) is 11.4 Å². The molecule has 0 saturated carbocycles. The summed E-state index contributed by atoms with van der Waals surface area (Å²) in [5.41, 5.74) is 0.567. The number of nitro benzene ring substituents is 1. The molecule has 1 unspecified atom stereocenters. The predicted octanol–water partition coefficient (Wildman–Crippen LogP) is 2.99. The van der Waals surface area contributed by atoms with Crippen molar-refractivity contribution in [3.63, 3.8) is 0 Å². The molecule has 0 spiro atoms. The first-order valence-electron chi connectivity index (χ1n) is 6.86. The van der Waals surface area contributed by atoms with Gasteiger partial charge < -0.3 is 10.6 Å². The highest BCUT2D eigenvalue weighted by Crippen LogP contribution is 2.34. The monoisotopic (exact) mass is 355 g/mol. The smallest absolute Gasteiger partial charge is 0.274 e. The number of halogens is 1. The molecule has 2 rings (SSSR count). The Bertz CT molecular complexity index is 583. The molecule has 1 atom stereocenters. The summed E-state index contributed by atoms with van der Waals surface area (Å²) >= 11 is 3.35. The van der Waals surface area contributed by atoms with Crippen molar-refractivity contribution in [3.8, 4) is 0 Å². The maximum absolute atomic E-state index is 12.5. The van der Waals surface area contributed by atoms with Crippen molar-refractivity contribution in [3.05, 3.63) is 32.3 Å². The van der Waals surface area contributed by atoms with E-state index in [1.165, 1.54) is 6.07 Å². The molecule has 6 nitrogen and oxygen atoms in total. The molecule has 1 aromatic rings. The molecule has 21 heavy (non-hydrogen) atoms. The number of carbonyl (C=O) groups excluding carboxylic acids is 1. The average Bonchev–Trinajstić information content (AvgIpc) is 2.91. The summed E-state index contributed by atoms with van der Waals surface area (Å²) in [6.07, 6.45) is 1.51. The van der Waals surface area contributed by atoms with E-state index in [1.54, 1.807) is 13.0 Å². The predicted molar refractivity (Wildman–Crippen MR) is 84.4 cm³/mol. The second-order valence-electron chi connectivity index (χ2n) is 5.39. The van der Waals surface area contributed by atoms with E-state index in [0.717, 1.165) is 19.4 Å². The summed E-state index contributed by atoms with van der Waals surface area (Å²) in [5, 5.41) is 17.1. The third-order valence-electron chi connectivity index (χ3n) is 4.13. The van der Waals surface area contributed by atoms with E-state index in [-0.39, 0.29) is 11.6 Å². The zero-order valence-corrected chi connectivity index (χ0v) is 13.6. The number of hydrogen-bond acceptors (Lipinski definition) is 4. The summed E-state index contributed by atoms with van der Waals surface area (Å²) in [6, 6.07) is 3.06. The summed E-state index contributed by atoms with van der Waals surface area (Å²) in [6.45, 7) is 5.11. The SMILES string of the molecule is CCC1(C(=O)Nc2cc([N+](=O)[O-])c(C)cc2Br)CCNC1. The minimum absolute atomic E-state index is 0.00333. The number of aryl methyl sites for hydroxylation is 1. The van der Waals surface area contributed by atoms with Crippen LogP contribution in [-0.2, 0) is 4.79 Å². The molecule has 0 aliphatic carbocycles. The largest absolute Gasteiger partial charge is 0.324 e. The van der Waals surface area contributed by atoms with E-state index < -0.39 is 10.3 Å². The molecule has 1 aliphatic rings. The Balaban J connectivity index is 2.29. The van der Waals surface area contributed by atoms with Crippen molar-refractivity contribution in [1.29, 1.82) is 0 Å². The van der Waals surface area contributed by atoms with Crippen LogP contribution in [0.2, 0.25) is 0 Å². The van der Waals surface area contributed by atoms with Gasteiger partial charge in [-0.05, 0) is 48.3 Å². The molecule has 0 radical (unpaired) electrons. The topological polar surface area (TPSA) is 84.3 Å². The van der Waals surface area contributed by atoms with E-state index in [9.17, 15) is 14.9 Å². The Labute approximate surface area is 131 Å². The van der Waals surface area contributed by atoms with Gasteiger partial charge in [0, 0.05) is 22.6 Å². The van der Waals surface area contributed by atoms with Gasteiger partial charge in [-0.2, -0.15) is 0 Å².